The molecule has 1 atom stereocenters. The summed E-state index contributed by atoms with van der Waals surface area (Å²) in [5, 5.41) is 4.50. The Balaban J connectivity index is 1.92. The van der Waals surface area contributed by atoms with E-state index in [0.717, 1.165) is 10.5 Å². The molecule has 0 aromatic carbocycles. The summed E-state index contributed by atoms with van der Waals surface area (Å²) in [5.41, 5.74) is 1.26. The van der Waals surface area contributed by atoms with Crippen LogP contribution >= 0.6 is 11.8 Å². The normalized spacial score (nSPS) is 16.3. The zero-order chi connectivity index (χ0) is 23.9. The molecule has 0 spiro atoms. The van der Waals surface area contributed by atoms with E-state index in [2.05, 4.69) is 16.9 Å². The summed E-state index contributed by atoms with van der Waals surface area (Å²) in [5.74, 6) is -0.0980. The van der Waals surface area contributed by atoms with Crippen molar-refractivity contribution in [1.29, 1.82) is 0 Å². The van der Waals surface area contributed by atoms with Crippen molar-refractivity contribution >= 4 is 34.9 Å². The van der Waals surface area contributed by atoms with Crippen LogP contribution in [0.25, 0.3) is 4.91 Å². The van der Waals surface area contributed by atoms with Gasteiger partial charge in [-0.15, -0.1) is 0 Å². The van der Waals surface area contributed by atoms with Crippen molar-refractivity contribution in [3.63, 3.8) is 0 Å². The van der Waals surface area contributed by atoms with E-state index in [9.17, 15) is 14.4 Å². The molecule has 0 unspecified atom stereocenters. The lowest BCUT2D eigenvalue weighted by atomic mass is 9.85. The van der Waals surface area contributed by atoms with Crippen molar-refractivity contribution < 1.29 is 14.4 Å². The minimum atomic E-state index is -0.583. The predicted octanol–water partition coefficient (Wildman–Crippen LogP) is 3.30. The average Bonchev–Trinajstić information content (AvgIpc) is 2.79. The van der Waals surface area contributed by atoms with Crippen LogP contribution in [0.5, 0.6) is 0 Å². The first-order valence-corrected chi connectivity index (χ1v) is 11.6. The number of carbonyl (C=O) groups is 3. The molecule has 174 valence electrons. The van der Waals surface area contributed by atoms with E-state index in [1.54, 1.807) is 24.3 Å². The molecule has 0 bridgehead atoms. The van der Waals surface area contributed by atoms with Gasteiger partial charge in [0.25, 0.3) is 0 Å². The Morgan fingerprint density at radius 1 is 1.28 bits per heavy atom. The summed E-state index contributed by atoms with van der Waals surface area (Å²) in [6.07, 6.45) is 5.42. The second-order valence-corrected chi connectivity index (χ2v) is 10.1. The van der Waals surface area contributed by atoms with Crippen LogP contribution < -0.4 is 5.32 Å². The minimum absolute atomic E-state index is 0.00245. The van der Waals surface area contributed by atoms with Gasteiger partial charge in [0.05, 0.1) is 0 Å². The standard InChI is InChI=1S/C24H34N4O3S/c1-17(15-32-18(2)19-7-11-25-12-8-19)22(30)28-13-9-20(10-14-28)27(6)23(31)21(26-16-29)24(3,4)5/h7-8,11-12,15-16,20-21H,2,9-10,13-14H2,1,3-6H3,(H,26,29)/b17-15+/t21-/m1/s1. The monoisotopic (exact) mass is 458 g/mol. The fraction of sp³-hybridized carbons (Fsp3) is 0.500. The lowest BCUT2D eigenvalue weighted by molar-refractivity contribution is -0.139. The topological polar surface area (TPSA) is 82.6 Å². The molecule has 1 aliphatic heterocycles. The van der Waals surface area contributed by atoms with Gasteiger partial charge in [-0.2, -0.15) is 0 Å². The summed E-state index contributed by atoms with van der Waals surface area (Å²) in [7, 11) is 1.78. The first-order valence-electron chi connectivity index (χ1n) is 10.7. The van der Waals surface area contributed by atoms with E-state index in [1.165, 1.54) is 11.8 Å². The Bertz CT molecular complexity index is 856. The van der Waals surface area contributed by atoms with Crippen LogP contribution in [-0.2, 0) is 14.4 Å². The highest BCUT2D eigenvalue weighted by Gasteiger charge is 2.36. The summed E-state index contributed by atoms with van der Waals surface area (Å²) in [4.78, 5) is 45.2. The molecule has 3 amide bonds. The average molecular weight is 459 g/mol. The van der Waals surface area contributed by atoms with Gasteiger partial charge in [-0.25, -0.2) is 0 Å². The Hall–Kier alpha value is -2.61. The van der Waals surface area contributed by atoms with Crippen LogP contribution in [-0.4, -0.2) is 65.2 Å². The SMILES string of the molecule is C=C(S/C=C(\C)C(=O)N1CCC(N(C)C(=O)[C@@H](NC=O)C(C)(C)C)CC1)c1ccncc1. The van der Waals surface area contributed by atoms with Crippen LogP contribution in [0.2, 0.25) is 0 Å². The van der Waals surface area contributed by atoms with Crippen molar-refractivity contribution in [2.24, 2.45) is 5.41 Å². The van der Waals surface area contributed by atoms with E-state index < -0.39 is 6.04 Å². The third kappa shape index (κ3) is 6.69. The Morgan fingerprint density at radius 3 is 2.41 bits per heavy atom. The number of thioether (sulfide) groups is 1. The van der Waals surface area contributed by atoms with Gasteiger partial charge in [0.2, 0.25) is 18.2 Å². The molecule has 8 heteroatoms. The number of likely N-dealkylation sites (N-methyl/N-ethyl adjacent to an activating group) is 1. The number of rotatable bonds is 8. The number of pyridine rings is 1. The summed E-state index contributed by atoms with van der Waals surface area (Å²) >= 11 is 1.43. The quantitative estimate of drug-likeness (QED) is 0.477. The molecule has 1 aliphatic rings. The van der Waals surface area contributed by atoms with Crippen molar-refractivity contribution in [1.82, 2.24) is 20.1 Å². The van der Waals surface area contributed by atoms with E-state index in [4.69, 9.17) is 0 Å². The number of nitrogens with zero attached hydrogens (tertiary/aromatic N) is 3. The smallest absolute Gasteiger partial charge is 0.250 e. The minimum Gasteiger partial charge on any atom is -0.346 e. The maximum atomic E-state index is 13.0. The maximum Gasteiger partial charge on any atom is 0.250 e. The Morgan fingerprint density at radius 2 is 1.88 bits per heavy atom. The lowest BCUT2D eigenvalue weighted by Crippen LogP contribution is -2.56. The number of amides is 3. The summed E-state index contributed by atoms with van der Waals surface area (Å²) in [6, 6.07) is 3.23. The van der Waals surface area contributed by atoms with Crippen LogP contribution in [0, 0.1) is 5.41 Å². The number of aromatic nitrogens is 1. The van der Waals surface area contributed by atoms with Gasteiger partial charge in [-0.1, -0.05) is 39.1 Å². The fourth-order valence-electron chi connectivity index (χ4n) is 3.66. The van der Waals surface area contributed by atoms with Crippen LogP contribution in [0.4, 0.5) is 0 Å². The highest BCUT2D eigenvalue weighted by atomic mass is 32.2. The van der Waals surface area contributed by atoms with E-state index >= 15 is 0 Å². The van der Waals surface area contributed by atoms with E-state index in [-0.39, 0.29) is 23.3 Å². The molecule has 0 aliphatic carbocycles. The molecule has 1 N–H and O–H groups in total. The zero-order valence-corrected chi connectivity index (χ0v) is 20.4. The molecular weight excluding hydrogens is 424 g/mol. The van der Waals surface area contributed by atoms with Crippen molar-refractivity contribution in [2.75, 3.05) is 20.1 Å². The summed E-state index contributed by atoms with van der Waals surface area (Å²) < 4.78 is 0. The first-order chi connectivity index (χ1) is 15.1. The number of hydrogen-bond acceptors (Lipinski definition) is 5. The molecular formula is C24H34N4O3S. The molecule has 32 heavy (non-hydrogen) atoms. The van der Waals surface area contributed by atoms with Gasteiger partial charge < -0.3 is 15.1 Å². The van der Waals surface area contributed by atoms with Gasteiger partial charge in [0, 0.05) is 49.1 Å². The number of hydrogen-bond donors (Lipinski definition) is 1. The highest BCUT2D eigenvalue weighted by molar-refractivity contribution is 8.10. The molecule has 2 rings (SSSR count). The molecule has 1 aromatic rings. The van der Waals surface area contributed by atoms with E-state index in [1.807, 2.05) is 50.1 Å². The highest BCUT2D eigenvalue weighted by Crippen LogP contribution is 2.28. The maximum absolute atomic E-state index is 13.0. The molecule has 0 saturated carbocycles. The number of carbonyl (C=O) groups excluding carboxylic acids is 3. The van der Waals surface area contributed by atoms with Gasteiger partial charge in [0.1, 0.15) is 6.04 Å². The fourth-order valence-corrected chi connectivity index (χ4v) is 4.36. The largest absolute Gasteiger partial charge is 0.346 e. The second-order valence-electron chi connectivity index (χ2n) is 9.13. The second kappa shape index (κ2) is 11.3. The predicted molar refractivity (Wildman–Crippen MR) is 129 cm³/mol. The lowest BCUT2D eigenvalue weighted by Gasteiger charge is -2.40. The van der Waals surface area contributed by atoms with Gasteiger partial charge >= 0.3 is 0 Å². The molecule has 2 heterocycles. The Kier molecular flexibility index (Phi) is 9.07. The summed E-state index contributed by atoms with van der Waals surface area (Å²) in [6.45, 7) is 12.8. The number of likely N-dealkylation sites (tertiary alicyclic amines) is 1. The van der Waals surface area contributed by atoms with Crippen molar-refractivity contribution in [3.8, 4) is 0 Å². The molecule has 1 aromatic heterocycles. The van der Waals surface area contributed by atoms with Crippen LogP contribution in [0.3, 0.4) is 0 Å². The number of piperidine rings is 1. The molecule has 1 fully saturated rings. The van der Waals surface area contributed by atoms with Gasteiger partial charge in [-0.3, -0.25) is 19.4 Å². The third-order valence-electron chi connectivity index (χ3n) is 5.71. The van der Waals surface area contributed by atoms with Gasteiger partial charge in [0.15, 0.2) is 0 Å². The molecule has 7 nitrogen and oxygen atoms in total. The molecule has 0 radical (unpaired) electrons. The zero-order valence-electron chi connectivity index (χ0n) is 19.6. The first kappa shape index (κ1) is 25.6. The van der Waals surface area contributed by atoms with Crippen molar-refractivity contribution in [3.05, 3.63) is 47.6 Å². The van der Waals surface area contributed by atoms with Crippen molar-refractivity contribution in [2.45, 2.75) is 52.6 Å². The Labute approximate surface area is 195 Å². The third-order valence-corrected chi connectivity index (χ3v) is 6.70. The molecule has 1 saturated heterocycles. The van der Waals surface area contributed by atoms with E-state index in [0.29, 0.717) is 37.9 Å². The number of nitrogens with one attached hydrogen (secondary N) is 1. The van der Waals surface area contributed by atoms with Crippen LogP contribution in [0.1, 0.15) is 46.1 Å². The van der Waals surface area contributed by atoms with Gasteiger partial charge in [-0.05, 0) is 48.3 Å². The van der Waals surface area contributed by atoms with Crippen LogP contribution in [0.15, 0.2) is 42.1 Å².